The minimum atomic E-state index is -4.73. The number of allylic oxidation sites excluding steroid dienone is 21. The van der Waals surface area contributed by atoms with Gasteiger partial charge >= 0.3 is 5.97 Å². The third kappa shape index (κ3) is 60.6. The molecular formula is C71H121N2O7P. The van der Waals surface area contributed by atoms with Crippen LogP contribution in [0.1, 0.15) is 252 Å². The molecule has 1 amide bonds. The van der Waals surface area contributed by atoms with E-state index in [0.717, 1.165) is 122 Å². The van der Waals surface area contributed by atoms with Crippen molar-refractivity contribution in [2.75, 3.05) is 40.9 Å². The van der Waals surface area contributed by atoms with E-state index < -0.39 is 26.6 Å². The van der Waals surface area contributed by atoms with Crippen molar-refractivity contribution < 1.29 is 37.3 Å². The zero-order valence-electron chi connectivity index (χ0n) is 52.7. The molecule has 0 aromatic carbocycles. The maximum atomic E-state index is 13.6. The zero-order chi connectivity index (χ0) is 59.3. The molecule has 9 nitrogen and oxygen atoms in total. The van der Waals surface area contributed by atoms with E-state index in [1.165, 1.54) is 83.5 Å². The molecule has 0 aromatic rings. The fraction of sp³-hybridized carbons (Fsp3) is 0.662. The van der Waals surface area contributed by atoms with Gasteiger partial charge in [-0.3, -0.25) is 14.2 Å². The average molecular weight is 1150 g/mol. The number of phosphoric ester groups is 1. The molecule has 81 heavy (non-hydrogen) atoms. The number of hydrogen-bond donors (Lipinski definition) is 1. The maximum Gasteiger partial charge on any atom is 0.306 e. The van der Waals surface area contributed by atoms with Gasteiger partial charge < -0.3 is 28.5 Å². The summed E-state index contributed by atoms with van der Waals surface area (Å²) in [5.41, 5.74) is 0. The predicted molar refractivity (Wildman–Crippen MR) is 348 cm³/mol. The van der Waals surface area contributed by atoms with Crippen molar-refractivity contribution in [2.24, 2.45) is 0 Å². The summed E-state index contributed by atoms with van der Waals surface area (Å²) < 4.78 is 30.3. The first-order valence-electron chi connectivity index (χ1n) is 32.5. The van der Waals surface area contributed by atoms with E-state index in [4.69, 9.17) is 13.8 Å². The van der Waals surface area contributed by atoms with Gasteiger partial charge in [0, 0.05) is 12.8 Å². The SMILES string of the molecule is CC/C=C\C/C=C\C/C=C\C/C=C\C/C=C\C/C=C\CCCCCCC(=O)NC(COP(=O)([O-])OCC[N+](C)(C)C)C(/C=C\CCCCCCCCCCCCC)OC(=O)CCCCC/C=C\C/C=C\C/C=C\C/C=C\CCCCC. The molecule has 10 heteroatoms. The second-order valence-electron chi connectivity index (χ2n) is 22.5. The van der Waals surface area contributed by atoms with Gasteiger partial charge in [-0.2, -0.15) is 0 Å². The number of hydrogen-bond acceptors (Lipinski definition) is 7. The molecule has 0 aliphatic rings. The van der Waals surface area contributed by atoms with Gasteiger partial charge in [0.05, 0.1) is 33.8 Å². The zero-order valence-corrected chi connectivity index (χ0v) is 53.6. The molecule has 3 unspecified atom stereocenters. The van der Waals surface area contributed by atoms with Gasteiger partial charge in [0.1, 0.15) is 19.3 Å². The van der Waals surface area contributed by atoms with Crippen LogP contribution in [0.25, 0.3) is 0 Å². The standard InChI is InChI=1S/C71H121N2O7P/c1-7-10-13-16-19-22-25-28-30-32-34-35-36-37-39-40-42-45-48-51-54-57-60-63-70(74)72-68(67-79-81(76,77)78-66-65-73(4,5)6)69(62-59-56-53-50-47-44-27-24-21-18-15-12-9-3)80-71(75)64-61-58-55-52-49-46-43-41-38-33-31-29-26-23-20-17-14-11-8-2/h10,13,19-20,22-23,28-31,34-35,37-39,41-42,45-46,49,59,62,68-69H,7-9,11-12,14-18,21,24-27,32-33,36,40,43-44,47-48,50-58,60-61,63-67H2,1-6H3,(H-,72,74,76,77)/b13-10-,22-19-,23-20-,30-28-,31-29-,35-34-,39-37-,41-38-,45-42-,49-46-,62-59-. The Morgan fingerprint density at radius 3 is 1.22 bits per heavy atom. The second kappa shape index (κ2) is 59.3. The van der Waals surface area contributed by atoms with Gasteiger partial charge in [0.25, 0.3) is 7.82 Å². The van der Waals surface area contributed by atoms with Crippen LogP contribution >= 0.6 is 7.82 Å². The summed E-state index contributed by atoms with van der Waals surface area (Å²) in [6, 6.07) is -0.926. The second-order valence-corrected chi connectivity index (χ2v) is 23.9. The van der Waals surface area contributed by atoms with Crippen molar-refractivity contribution in [3.8, 4) is 0 Å². The molecule has 0 bridgehead atoms. The number of ether oxygens (including phenoxy) is 1. The van der Waals surface area contributed by atoms with Crippen LogP contribution in [0.5, 0.6) is 0 Å². The summed E-state index contributed by atoms with van der Waals surface area (Å²) in [6.07, 6.45) is 84.2. The van der Waals surface area contributed by atoms with Crippen molar-refractivity contribution >= 4 is 19.7 Å². The van der Waals surface area contributed by atoms with E-state index in [2.05, 4.69) is 148 Å². The lowest BCUT2D eigenvalue weighted by atomic mass is 10.0. The number of esters is 1. The molecule has 0 aromatic heterocycles. The van der Waals surface area contributed by atoms with Gasteiger partial charge in [-0.15, -0.1) is 0 Å². The van der Waals surface area contributed by atoms with E-state index >= 15 is 0 Å². The van der Waals surface area contributed by atoms with Crippen LogP contribution in [0.2, 0.25) is 0 Å². The van der Waals surface area contributed by atoms with Crippen LogP contribution < -0.4 is 10.2 Å². The largest absolute Gasteiger partial charge is 0.756 e. The number of likely N-dealkylation sites (N-methyl/N-ethyl adjacent to an activating group) is 1. The smallest absolute Gasteiger partial charge is 0.306 e. The topological polar surface area (TPSA) is 114 Å². The number of nitrogens with one attached hydrogen (secondary N) is 1. The number of quaternary nitrogens is 1. The number of nitrogens with zero attached hydrogens (tertiary/aromatic N) is 1. The Balaban J connectivity index is 5.37. The molecule has 0 heterocycles. The summed E-state index contributed by atoms with van der Waals surface area (Å²) in [4.78, 5) is 40.1. The Kier molecular flexibility index (Phi) is 56.5. The van der Waals surface area contributed by atoms with Gasteiger partial charge in [-0.1, -0.05) is 245 Å². The van der Waals surface area contributed by atoms with Crippen molar-refractivity contribution in [3.63, 3.8) is 0 Å². The highest BCUT2D eigenvalue weighted by Crippen LogP contribution is 2.38. The van der Waals surface area contributed by atoms with Gasteiger partial charge in [0.15, 0.2) is 0 Å². The highest BCUT2D eigenvalue weighted by atomic mass is 31.2. The van der Waals surface area contributed by atoms with Gasteiger partial charge in [-0.05, 0) is 128 Å². The van der Waals surface area contributed by atoms with Gasteiger partial charge in [0.2, 0.25) is 5.91 Å². The summed E-state index contributed by atoms with van der Waals surface area (Å²) in [5, 5.41) is 3.01. The molecule has 0 spiro atoms. The van der Waals surface area contributed by atoms with Crippen molar-refractivity contribution in [1.82, 2.24) is 5.32 Å². The highest BCUT2D eigenvalue weighted by molar-refractivity contribution is 7.45. The van der Waals surface area contributed by atoms with Crippen LogP contribution in [-0.2, 0) is 27.9 Å². The van der Waals surface area contributed by atoms with Crippen LogP contribution in [0.4, 0.5) is 0 Å². The first kappa shape index (κ1) is 77.2. The monoisotopic (exact) mass is 1140 g/mol. The van der Waals surface area contributed by atoms with Crippen molar-refractivity contribution in [3.05, 3.63) is 134 Å². The number of unbranched alkanes of at least 4 members (excludes halogenated alkanes) is 21. The molecule has 0 aliphatic carbocycles. The lowest BCUT2D eigenvalue weighted by molar-refractivity contribution is -0.870. The number of amides is 1. The molecule has 462 valence electrons. The molecule has 0 radical (unpaired) electrons. The van der Waals surface area contributed by atoms with E-state index in [9.17, 15) is 19.0 Å². The fourth-order valence-electron chi connectivity index (χ4n) is 8.57. The Morgan fingerprint density at radius 2 is 0.790 bits per heavy atom. The lowest BCUT2D eigenvalue weighted by Gasteiger charge is -2.30. The van der Waals surface area contributed by atoms with E-state index in [1.807, 2.05) is 33.3 Å². The predicted octanol–water partition coefficient (Wildman–Crippen LogP) is 19.8. The first-order chi connectivity index (χ1) is 39.4. The fourth-order valence-corrected chi connectivity index (χ4v) is 9.29. The molecule has 0 rings (SSSR count). The Hall–Kier alpha value is -3.85. The average Bonchev–Trinajstić information content (AvgIpc) is 3.44. The normalized spacial score (nSPS) is 14.5. The van der Waals surface area contributed by atoms with Gasteiger partial charge in [-0.25, -0.2) is 0 Å². The molecule has 0 saturated heterocycles. The third-order valence-electron chi connectivity index (χ3n) is 13.6. The number of carbonyl (C=O) groups excluding carboxylic acids is 2. The van der Waals surface area contributed by atoms with E-state index in [1.54, 1.807) is 0 Å². The van der Waals surface area contributed by atoms with E-state index in [0.29, 0.717) is 23.9 Å². The van der Waals surface area contributed by atoms with Crippen molar-refractivity contribution in [2.45, 2.75) is 264 Å². The Morgan fingerprint density at radius 1 is 0.444 bits per heavy atom. The molecule has 0 fully saturated rings. The third-order valence-corrected chi connectivity index (χ3v) is 14.5. The van der Waals surface area contributed by atoms with Crippen LogP contribution in [-0.4, -0.2) is 69.4 Å². The first-order valence-corrected chi connectivity index (χ1v) is 34.0. The molecule has 3 atom stereocenters. The number of phosphoric acid groups is 1. The highest BCUT2D eigenvalue weighted by Gasteiger charge is 2.27. The number of rotatable bonds is 57. The summed E-state index contributed by atoms with van der Waals surface area (Å²) in [6.45, 7) is 6.65. The number of carbonyl (C=O) groups is 2. The van der Waals surface area contributed by atoms with Crippen LogP contribution in [0.3, 0.4) is 0 Å². The quantitative estimate of drug-likeness (QED) is 0.0212. The Labute approximate surface area is 498 Å². The Bertz CT molecular complexity index is 1850. The summed E-state index contributed by atoms with van der Waals surface area (Å²) in [7, 11) is 1.13. The summed E-state index contributed by atoms with van der Waals surface area (Å²) in [5.74, 6) is -0.614. The maximum absolute atomic E-state index is 13.6. The summed E-state index contributed by atoms with van der Waals surface area (Å²) >= 11 is 0. The molecular weight excluding hydrogens is 1020 g/mol. The molecule has 0 saturated carbocycles. The molecule has 0 aliphatic heterocycles. The lowest BCUT2D eigenvalue weighted by Crippen LogP contribution is -2.47. The van der Waals surface area contributed by atoms with E-state index in [-0.39, 0.29) is 31.3 Å². The van der Waals surface area contributed by atoms with Crippen molar-refractivity contribution in [1.29, 1.82) is 0 Å². The molecule has 1 N–H and O–H groups in total. The van der Waals surface area contributed by atoms with Crippen LogP contribution in [0, 0.1) is 0 Å². The minimum absolute atomic E-state index is 0.0406. The minimum Gasteiger partial charge on any atom is -0.756 e. The van der Waals surface area contributed by atoms with Crippen LogP contribution in [0.15, 0.2) is 134 Å².